The molecule has 1 unspecified atom stereocenters. The van der Waals surface area contributed by atoms with Gasteiger partial charge in [0.15, 0.2) is 17.3 Å². The van der Waals surface area contributed by atoms with Gasteiger partial charge in [-0.1, -0.05) is 24.3 Å². The van der Waals surface area contributed by atoms with Crippen LogP contribution in [-0.2, 0) is 6.42 Å². The van der Waals surface area contributed by atoms with Crippen LogP contribution in [0.5, 0.6) is 11.5 Å². The van der Waals surface area contributed by atoms with Gasteiger partial charge in [-0.25, -0.2) is 0 Å². The molecule has 108 valence electrons. The highest BCUT2D eigenvalue weighted by atomic mass is 16.5. The molecule has 0 saturated heterocycles. The Morgan fingerprint density at radius 2 is 2.00 bits per heavy atom. The summed E-state index contributed by atoms with van der Waals surface area (Å²) < 4.78 is 11.2. The number of rotatable bonds is 5. The Kier molecular flexibility index (Phi) is 3.65. The van der Waals surface area contributed by atoms with Gasteiger partial charge in [-0.15, -0.1) is 0 Å². The Bertz CT molecular complexity index is 676. The number of methoxy groups -OCH3 is 1. The predicted octanol–water partition coefficient (Wildman–Crippen LogP) is 3.62. The van der Waals surface area contributed by atoms with E-state index in [4.69, 9.17) is 9.47 Å². The van der Waals surface area contributed by atoms with Crippen molar-refractivity contribution >= 4 is 5.78 Å². The minimum atomic E-state index is 0.0211. The highest BCUT2D eigenvalue weighted by molar-refractivity contribution is 5.94. The van der Waals surface area contributed by atoms with Crippen LogP contribution in [0.25, 0.3) is 0 Å². The Labute approximate surface area is 124 Å². The first-order chi connectivity index (χ1) is 10.2. The van der Waals surface area contributed by atoms with Crippen LogP contribution in [0.4, 0.5) is 0 Å². The average molecular weight is 282 g/mol. The van der Waals surface area contributed by atoms with Gasteiger partial charge in [-0.05, 0) is 42.7 Å². The van der Waals surface area contributed by atoms with Gasteiger partial charge < -0.3 is 9.47 Å². The normalized spacial score (nSPS) is 15.8. The zero-order valence-corrected chi connectivity index (χ0v) is 12.3. The summed E-state index contributed by atoms with van der Waals surface area (Å²) in [6.45, 7) is 2.17. The molecule has 0 radical (unpaired) electrons. The van der Waals surface area contributed by atoms with E-state index in [9.17, 15) is 4.79 Å². The molecule has 2 aromatic rings. The molecule has 0 amide bonds. The van der Waals surface area contributed by atoms with Crippen molar-refractivity contribution in [2.75, 3.05) is 13.7 Å². The molecule has 0 N–H and O–H groups in total. The van der Waals surface area contributed by atoms with Gasteiger partial charge in [0.25, 0.3) is 0 Å². The minimum Gasteiger partial charge on any atom is -0.493 e. The molecule has 3 nitrogen and oxygen atoms in total. The molecule has 0 saturated carbocycles. The fourth-order valence-corrected chi connectivity index (χ4v) is 2.71. The lowest BCUT2D eigenvalue weighted by molar-refractivity contribution is 0.101. The Morgan fingerprint density at radius 3 is 2.71 bits per heavy atom. The molecule has 21 heavy (non-hydrogen) atoms. The molecule has 0 fully saturated rings. The van der Waals surface area contributed by atoms with Gasteiger partial charge in [0.2, 0.25) is 0 Å². The lowest BCUT2D eigenvalue weighted by Crippen LogP contribution is -2.23. The van der Waals surface area contributed by atoms with Crippen molar-refractivity contribution in [2.45, 2.75) is 19.3 Å². The van der Waals surface area contributed by atoms with E-state index in [0.717, 1.165) is 6.42 Å². The van der Waals surface area contributed by atoms with Gasteiger partial charge in [0.05, 0.1) is 13.7 Å². The summed E-state index contributed by atoms with van der Waals surface area (Å²) in [6.07, 6.45) is 1.06. The summed E-state index contributed by atoms with van der Waals surface area (Å²) in [5, 5.41) is 0. The van der Waals surface area contributed by atoms with E-state index in [2.05, 4.69) is 24.3 Å². The summed E-state index contributed by atoms with van der Waals surface area (Å²) in [5.41, 5.74) is 3.41. The smallest absolute Gasteiger partial charge is 0.161 e. The zero-order chi connectivity index (χ0) is 14.8. The van der Waals surface area contributed by atoms with E-state index >= 15 is 0 Å². The zero-order valence-electron chi connectivity index (χ0n) is 12.3. The van der Waals surface area contributed by atoms with Crippen molar-refractivity contribution in [2.24, 2.45) is 0 Å². The van der Waals surface area contributed by atoms with Crippen LogP contribution in [0.3, 0.4) is 0 Å². The predicted molar refractivity (Wildman–Crippen MR) is 81.4 cm³/mol. The van der Waals surface area contributed by atoms with E-state index in [-0.39, 0.29) is 5.78 Å². The van der Waals surface area contributed by atoms with E-state index < -0.39 is 0 Å². The third-order valence-corrected chi connectivity index (χ3v) is 3.97. The van der Waals surface area contributed by atoms with Crippen LogP contribution in [-0.4, -0.2) is 19.5 Å². The lowest BCUT2D eigenvalue weighted by atomic mass is 9.78. The molecule has 2 aromatic carbocycles. The Morgan fingerprint density at radius 1 is 1.19 bits per heavy atom. The summed E-state index contributed by atoms with van der Waals surface area (Å²) in [7, 11) is 1.59. The third-order valence-electron chi connectivity index (χ3n) is 3.97. The van der Waals surface area contributed by atoms with Gasteiger partial charge in [-0.2, -0.15) is 0 Å². The van der Waals surface area contributed by atoms with Gasteiger partial charge in [0.1, 0.15) is 0 Å². The van der Waals surface area contributed by atoms with Crippen molar-refractivity contribution in [3.8, 4) is 11.5 Å². The molecule has 1 aliphatic rings. The first-order valence-electron chi connectivity index (χ1n) is 7.08. The molecule has 0 aromatic heterocycles. The maximum absolute atomic E-state index is 11.4. The fourth-order valence-electron chi connectivity index (χ4n) is 2.71. The van der Waals surface area contributed by atoms with Crippen molar-refractivity contribution in [1.82, 2.24) is 0 Å². The van der Waals surface area contributed by atoms with Crippen molar-refractivity contribution in [1.29, 1.82) is 0 Å². The fraction of sp³-hybridized carbons (Fsp3) is 0.278. The summed E-state index contributed by atoms with van der Waals surface area (Å²) in [4.78, 5) is 11.4. The van der Waals surface area contributed by atoms with E-state index in [0.29, 0.717) is 29.6 Å². The molecule has 0 bridgehead atoms. The average Bonchev–Trinajstić information content (AvgIpc) is 2.48. The lowest BCUT2D eigenvalue weighted by Gasteiger charge is -2.30. The van der Waals surface area contributed by atoms with Crippen LogP contribution < -0.4 is 9.47 Å². The topological polar surface area (TPSA) is 35.5 Å². The SMILES string of the molecule is COc1cc(C(C)=O)ccc1OCC1Cc2ccccc21. The van der Waals surface area contributed by atoms with Crippen LogP contribution >= 0.6 is 0 Å². The van der Waals surface area contributed by atoms with Crippen molar-refractivity contribution in [3.05, 3.63) is 59.2 Å². The maximum atomic E-state index is 11.4. The second-order valence-electron chi connectivity index (χ2n) is 5.33. The largest absolute Gasteiger partial charge is 0.493 e. The number of hydrogen-bond acceptors (Lipinski definition) is 3. The minimum absolute atomic E-state index is 0.0211. The third kappa shape index (κ3) is 2.64. The molecular weight excluding hydrogens is 264 g/mol. The second-order valence-corrected chi connectivity index (χ2v) is 5.33. The van der Waals surface area contributed by atoms with Gasteiger partial charge in [-0.3, -0.25) is 4.79 Å². The van der Waals surface area contributed by atoms with E-state index in [1.165, 1.54) is 11.1 Å². The monoisotopic (exact) mass is 282 g/mol. The molecule has 1 aliphatic carbocycles. The standard InChI is InChI=1S/C18H18O3/c1-12(19)13-7-8-17(18(10-13)20-2)21-11-15-9-14-5-3-4-6-16(14)15/h3-8,10,15H,9,11H2,1-2H3. The first kappa shape index (κ1) is 13.7. The first-order valence-corrected chi connectivity index (χ1v) is 7.08. The number of carbonyl (C=O) groups is 1. The van der Waals surface area contributed by atoms with Crippen LogP contribution in [0, 0.1) is 0 Å². The number of hydrogen-bond donors (Lipinski definition) is 0. The number of ketones is 1. The summed E-state index contributed by atoms with van der Waals surface area (Å²) in [6, 6.07) is 13.8. The Hall–Kier alpha value is -2.29. The molecule has 3 heteroatoms. The van der Waals surface area contributed by atoms with Gasteiger partial charge in [0, 0.05) is 11.5 Å². The number of ether oxygens (including phenoxy) is 2. The van der Waals surface area contributed by atoms with Crippen molar-refractivity contribution in [3.63, 3.8) is 0 Å². The highest BCUT2D eigenvalue weighted by Gasteiger charge is 2.26. The second kappa shape index (κ2) is 5.60. The number of fused-ring (bicyclic) bond motifs is 1. The summed E-state index contributed by atoms with van der Waals surface area (Å²) in [5.74, 6) is 1.76. The summed E-state index contributed by atoms with van der Waals surface area (Å²) >= 11 is 0. The van der Waals surface area contributed by atoms with Crippen LogP contribution in [0.2, 0.25) is 0 Å². The Balaban J connectivity index is 1.70. The molecule has 1 atom stereocenters. The van der Waals surface area contributed by atoms with Crippen LogP contribution in [0.15, 0.2) is 42.5 Å². The van der Waals surface area contributed by atoms with Crippen molar-refractivity contribution < 1.29 is 14.3 Å². The molecule has 0 spiro atoms. The number of benzene rings is 2. The maximum Gasteiger partial charge on any atom is 0.161 e. The molecule has 3 rings (SSSR count). The molecular formula is C18H18O3. The molecule has 0 aliphatic heterocycles. The van der Waals surface area contributed by atoms with Gasteiger partial charge >= 0.3 is 0 Å². The van der Waals surface area contributed by atoms with E-state index in [1.54, 1.807) is 32.2 Å². The highest BCUT2D eigenvalue weighted by Crippen LogP contribution is 2.36. The number of Topliss-reactive ketones (excluding diaryl/α,β-unsaturated/α-hetero) is 1. The van der Waals surface area contributed by atoms with Crippen LogP contribution in [0.1, 0.15) is 34.3 Å². The van der Waals surface area contributed by atoms with E-state index in [1.807, 2.05) is 0 Å². The number of carbonyl (C=O) groups excluding carboxylic acids is 1. The molecule has 0 heterocycles. The quantitative estimate of drug-likeness (QED) is 0.786.